The van der Waals surface area contributed by atoms with Crippen LogP contribution in [-0.2, 0) is 6.54 Å². The molecule has 0 saturated heterocycles. The first-order chi connectivity index (χ1) is 8.75. The van der Waals surface area contributed by atoms with Gasteiger partial charge in [-0.15, -0.1) is 0 Å². The van der Waals surface area contributed by atoms with Crippen molar-refractivity contribution in [3.05, 3.63) is 64.8 Å². The molecule has 0 amide bonds. The molecule has 0 saturated carbocycles. The van der Waals surface area contributed by atoms with Crippen molar-refractivity contribution in [2.24, 2.45) is 0 Å². The van der Waals surface area contributed by atoms with Gasteiger partial charge in [0.15, 0.2) is 0 Å². The summed E-state index contributed by atoms with van der Waals surface area (Å²) in [7, 11) is 0. The van der Waals surface area contributed by atoms with Crippen molar-refractivity contribution in [3.8, 4) is 5.75 Å². The fraction of sp³-hybridized carbons (Fsp3) is 0.214. The second kappa shape index (κ2) is 6.00. The third-order valence-corrected chi connectivity index (χ3v) is 2.52. The molecule has 0 atom stereocenters. The minimum Gasteiger partial charge on any atom is -0.494 e. The van der Waals surface area contributed by atoms with Crippen molar-refractivity contribution in [2.75, 3.05) is 6.61 Å². The molecule has 1 aromatic carbocycles. The lowest BCUT2D eigenvalue weighted by Gasteiger charge is -2.07. The Morgan fingerprint density at radius 3 is 2.61 bits per heavy atom. The fourth-order valence-corrected chi connectivity index (χ4v) is 1.60. The first-order valence-corrected chi connectivity index (χ1v) is 5.79. The number of aromatic nitrogens is 1. The van der Waals surface area contributed by atoms with E-state index in [2.05, 4.69) is 0 Å². The molecule has 3 nitrogen and oxygen atoms in total. The number of hydrogen-bond donors (Lipinski definition) is 0. The Morgan fingerprint density at radius 2 is 1.89 bits per heavy atom. The summed E-state index contributed by atoms with van der Waals surface area (Å²) in [5.41, 5.74) is -0.0146. The zero-order chi connectivity index (χ0) is 12.8. The monoisotopic (exact) mass is 247 g/mol. The maximum absolute atomic E-state index is 12.6. The maximum Gasteiger partial charge on any atom is 0.250 e. The van der Waals surface area contributed by atoms with Gasteiger partial charge < -0.3 is 9.30 Å². The standard InChI is InChI=1S/C14H14FNO2/c15-12-5-7-13(8-6-12)18-11-3-10-16-9-2-1-4-14(16)17/h1-2,4-9H,3,10-11H2. The molecular weight excluding hydrogens is 233 g/mol. The van der Waals surface area contributed by atoms with Crippen LogP contribution in [0.5, 0.6) is 5.75 Å². The van der Waals surface area contributed by atoms with E-state index >= 15 is 0 Å². The third-order valence-electron chi connectivity index (χ3n) is 2.52. The molecule has 0 radical (unpaired) electrons. The van der Waals surface area contributed by atoms with Crippen LogP contribution in [0.4, 0.5) is 4.39 Å². The molecule has 1 aromatic heterocycles. The Balaban J connectivity index is 1.78. The second-order valence-electron chi connectivity index (χ2n) is 3.89. The van der Waals surface area contributed by atoms with Gasteiger partial charge in [0.1, 0.15) is 11.6 Å². The van der Waals surface area contributed by atoms with Crippen LogP contribution < -0.4 is 10.3 Å². The van der Waals surface area contributed by atoms with E-state index in [1.54, 1.807) is 29.0 Å². The minimum absolute atomic E-state index is 0.0146. The predicted molar refractivity (Wildman–Crippen MR) is 67.2 cm³/mol. The van der Waals surface area contributed by atoms with Gasteiger partial charge in [0.05, 0.1) is 6.61 Å². The largest absolute Gasteiger partial charge is 0.494 e. The van der Waals surface area contributed by atoms with Crippen LogP contribution in [0.1, 0.15) is 6.42 Å². The number of hydrogen-bond acceptors (Lipinski definition) is 2. The van der Waals surface area contributed by atoms with Gasteiger partial charge in [-0.3, -0.25) is 4.79 Å². The summed E-state index contributed by atoms with van der Waals surface area (Å²) in [6.45, 7) is 1.10. The fourth-order valence-electron chi connectivity index (χ4n) is 1.60. The average molecular weight is 247 g/mol. The number of rotatable bonds is 5. The molecule has 4 heteroatoms. The smallest absolute Gasteiger partial charge is 0.250 e. The van der Waals surface area contributed by atoms with E-state index in [4.69, 9.17) is 4.74 Å². The second-order valence-corrected chi connectivity index (χ2v) is 3.89. The lowest BCUT2D eigenvalue weighted by Crippen LogP contribution is -2.18. The summed E-state index contributed by atoms with van der Waals surface area (Å²) in [6, 6.07) is 11.0. The van der Waals surface area contributed by atoms with Crippen molar-refractivity contribution < 1.29 is 9.13 Å². The van der Waals surface area contributed by atoms with E-state index in [1.807, 2.05) is 6.07 Å². The highest BCUT2D eigenvalue weighted by atomic mass is 19.1. The zero-order valence-electron chi connectivity index (χ0n) is 9.88. The molecule has 0 fully saturated rings. The number of nitrogens with zero attached hydrogens (tertiary/aromatic N) is 1. The first-order valence-electron chi connectivity index (χ1n) is 5.79. The SMILES string of the molecule is O=c1ccccn1CCCOc1ccc(F)cc1. The number of aryl methyl sites for hydroxylation is 1. The summed E-state index contributed by atoms with van der Waals surface area (Å²) < 4.78 is 19.7. The van der Waals surface area contributed by atoms with Crippen molar-refractivity contribution in [1.29, 1.82) is 0 Å². The summed E-state index contributed by atoms with van der Waals surface area (Å²) in [5, 5.41) is 0. The summed E-state index contributed by atoms with van der Waals surface area (Å²) in [6.07, 6.45) is 2.47. The Kier molecular flexibility index (Phi) is 4.12. The molecule has 2 aromatic rings. The van der Waals surface area contributed by atoms with E-state index in [1.165, 1.54) is 18.2 Å². The summed E-state index contributed by atoms with van der Waals surface area (Å²) in [4.78, 5) is 11.4. The molecule has 0 unspecified atom stereocenters. The topological polar surface area (TPSA) is 31.2 Å². The molecule has 0 aliphatic carbocycles. The molecule has 2 rings (SSSR count). The van der Waals surface area contributed by atoms with E-state index in [0.717, 1.165) is 6.42 Å². The van der Waals surface area contributed by atoms with Gasteiger partial charge in [-0.25, -0.2) is 4.39 Å². The number of halogens is 1. The lowest BCUT2D eigenvalue weighted by atomic mass is 10.3. The van der Waals surface area contributed by atoms with Crippen molar-refractivity contribution >= 4 is 0 Å². The Bertz CT molecular complexity index is 548. The average Bonchev–Trinajstić information content (AvgIpc) is 2.39. The van der Waals surface area contributed by atoms with Gasteiger partial charge in [0.2, 0.25) is 5.56 Å². The van der Waals surface area contributed by atoms with E-state index in [0.29, 0.717) is 18.9 Å². The molecule has 0 bridgehead atoms. The van der Waals surface area contributed by atoms with Crippen LogP contribution in [0.15, 0.2) is 53.5 Å². The van der Waals surface area contributed by atoms with Gasteiger partial charge in [0, 0.05) is 18.8 Å². The number of pyridine rings is 1. The van der Waals surface area contributed by atoms with Gasteiger partial charge in [0.25, 0.3) is 0 Å². The number of ether oxygens (including phenoxy) is 1. The normalized spacial score (nSPS) is 10.3. The zero-order valence-corrected chi connectivity index (χ0v) is 9.88. The highest BCUT2D eigenvalue weighted by Gasteiger charge is 1.96. The van der Waals surface area contributed by atoms with Crippen LogP contribution in [0.2, 0.25) is 0 Å². The van der Waals surface area contributed by atoms with E-state index in [-0.39, 0.29) is 11.4 Å². The van der Waals surface area contributed by atoms with E-state index in [9.17, 15) is 9.18 Å². The summed E-state index contributed by atoms with van der Waals surface area (Å²) in [5.74, 6) is 0.356. The quantitative estimate of drug-likeness (QED) is 0.760. The maximum atomic E-state index is 12.6. The van der Waals surface area contributed by atoms with Crippen LogP contribution in [0, 0.1) is 5.82 Å². The van der Waals surface area contributed by atoms with Crippen LogP contribution in [-0.4, -0.2) is 11.2 Å². The van der Waals surface area contributed by atoms with Gasteiger partial charge >= 0.3 is 0 Å². The molecule has 0 N–H and O–H groups in total. The third kappa shape index (κ3) is 3.45. The Labute approximate surface area is 104 Å². The van der Waals surface area contributed by atoms with Gasteiger partial charge in [-0.05, 0) is 36.8 Å². The molecule has 1 heterocycles. The first kappa shape index (κ1) is 12.4. The Morgan fingerprint density at radius 1 is 1.11 bits per heavy atom. The van der Waals surface area contributed by atoms with Crippen LogP contribution in [0.25, 0.3) is 0 Å². The molecular formula is C14H14FNO2. The van der Waals surface area contributed by atoms with Gasteiger partial charge in [-0.2, -0.15) is 0 Å². The molecule has 0 spiro atoms. The highest BCUT2D eigenvalue weighted by molar-refractivity contribution is 5.21. The highest BCUT2D eigenvalue weighted by Crippen LogP contribution is 2.11. The molecule has 0 aliphatic heterocycles. The predicted octanol–water partition coefficient (Wildman–Crippen LogP) is 2.46. The Hall–Kier alpha value is -2.10. The molecule has 18 heavy (non-hydrogen) atoms. The van der Waals surface area contributed by atoms with Crippen LogP contribution >= 0.6 is 0 Å². The van der Waals surface area contributed by atoms with Crippen LogP contribution in [0.3, 0.4) is 0 Å². The molecule has 94 valence electrons. The van der Waals surface area contributed by atoms with Gasteiger partial charge in [-0.1, -0.05) is 6.07 Å². The molecule has 0 aliphatic rings. The lowest BCUT2D eigenvalue weighted by molar-refractivity contribution is 0.300. The van der Waals surface area contributed by atoms with Crippen molar-refractivity contribution in [1.82, 2.24) is 4.57 Å². The van der Waals surface area contributed by atoms with E-state index < -0.39 is 0 Å². The number of benzene rings is 1. The minimum atomic E-state index is -0.279. The van der Waals surface area contributed by atoms with Crippen molar-refractivity contribution in [2.45, 2.75) is 13.0 Å². The van der Waals surface area contributed by atoms with Crippen molar-refractivity contribution in [3.63, 3.8) is 0 Å². The summed E-state index contributed by atoms with van der Waals surface area (Å²) >= 11 is 0.